The highest BCUT2D eigenvalue weighted by molar-refractivity contribution is 5.85. The van der Waals surface area contributed by atoms with Gasteiger partial charge in [-0.25, -0.2) is 9.59 Å². The van der Waals surface area contributed by atoms with Gasteiger partial charge in [0.1, 0.15) is 0 Å². The van der Waals surface area contributed by atoms with Gasteiger partial charge in [0.2, 0.25) is 0 Å². The summed E-state index contributed by atoms with van der Waals surface area (Å²) in [7, 11) is 0. The quantitative estimate of drug-likeness (QED) is 0.432. The molecule has 0 aromatic carbocycles. The van der Waals surface area contributed by atoms with E-state index in [0.717, 1.165) is 6.08 Å². The number of carbonyl (C=O) groups is 2. The second kappa shape index (κ2) is 9.67. The zero-order valence-electron chi connectivity index (χ0n) is 9.02. The molecule has 0 amide bonds. The summed E-state index contributed by atoms with van der Waals surface area (Å²) in [5, 5.41) is 15.9. The zero-order valence-corrected chi connectivity index (χ0v) is 9.02. The summed E-state index contributed by atoms with van der Waals surface area (Å²) in [5.41, 5.74) is 0.234. The molecular weight excluding hydrogens is 212 g/mol. The maximum atomic E-state index is 10.1. The summed E-state index contributed by atoms with van der Waals surface area (Å²) < 4.78 is 4.81. The van der Waals surface area contributed by atoms with E-state index in [2.05, 4.69) is 26.3 Å². The van der Waals surface area contributed by atoms with Crippen LogP contribution in [0.15, 0.2) is 38.0 Å². The molecule has 1 rings (SSSR count). The Morgan fingerprint density at radius 1 is 1.38 bits per heavy atom. The largest absolute Gasteiger partial charge is 0.478 e. The Labute approximate surface area is 94.4 Å². The van der Waals surface area contributed by atoms with Crippen molar-refractivity contribution in [3.63, 3.8) is 0 Å². The van der Waals surface area contributed by atoms with Crippen molar-refractivity contribution in [2.24, 2.45) is 0 Å². The van der Waals surface area contributed by atoms with E-state index in [1.165, 1.54) is 0 Å². The summed E-state index contributed by atoms with van der Waals surface area (Å²) in [4.78, 5) is 19.4. The van der Waals surface area contributed by atoms with Crippen LogP contribution in [-0.4, -0.2) is 34.9 Å². The molecule has 1 aliphatic heterocycles. The Morgan fingerprint density at radius 2 is 1.75 bits per heavy atom. The number of aliphatic carboxylic acids is 2. The van der Waals surface area contributed by atoms with Gasteiger partial charge in [0.25, 0.3) is 0 Å². The van der Waals surface area contributed by atoms with Gasteiger partial charge in [-0.3, -0.25) is 0 Å². The second-order valence-corrected chi connectivity index (χ2v) is 2.61. The molecule has 2 N–H and O–H groups in total. The van der Waals surface area contributed by atoms with Gasteiger partial charge in [0, 0.05) is 18.1 Å². The van der Waals surface area contributed by atoms with Crippen LogP contribution in [0.3, 0.4) is 0 Å². The number of ether oxygens (including phenoxy) is 1. The molecule has 1 heterocycles. The summed E-state index contributed by atoms with van der Waals surface area (Å²) >= 11 is 0. The van der Waals surface area contributed by atoms with Crippen LogP contribution in [0.1, 0.15) is 6.42 Å². The van der Waals surface area contributed by atoms with E-state index in [4.69, 9.17) is 14.9 Å². The fourth-order valence-corrected chi connectivity index (χ4v) is 0.548. The van der Waals surface area contributed by atoms with Crippen LogP contribution < -0.4 is 0 Å². The normalized spacial score (nSPS) is 15.4. The lowest BCUT2D eigenvalue weighted by molar-refractivity contribution is -0.133. The van der Waals surface area contributed by atoms with Gasteiger partial charge in [0.05, 0.1) is 12.7 Å². The molecule has 0 aromatic rings. The van der Waals surface area contributed by atoms with Gasteiger partial charge >= 0.3 is 11.9 Å². The van der Waals surface area contributed by atoms with Gasteiger partial charge in [-0.15, -0.1) is 13.2 Å². The van der Waals surface area contributed by atoms with Crippen molar-refractivity contribution >= 4 is 11.9 Å². The van der Waals surface area contributed by atoms with Crippen molar-refractivity contribution < 1.29 is 24.5 Å². The molecule has 0 spiro atoms. The first-order valence-corrected chi connectivity index (χ1v) is 4.35. The van der Waals surface area contributed by atoms with Crippen LogP contribution in [0.25, 0.3) is 0 Å². The summed E-state index contributed by atoms with van der Waals surface area (Å²) in [6.07, 6.45) is 1.43. The Morgan fingerprint density at radius 3 is 1.94 bits per heavy atom. The molecule has 0 bridgehead atoms. The fraction of sp³-hybridized carbons (Fsp3) is 0.273. The Balaban J connectivity index is 0. The average molecular weight is 228 g/mol. The Kier molecular flexibility index (Phi) is 10.00. The maximum absolute atomic E-state index is 10.1. The lowest BCUT2D eigenvalue weighted by Crippen LogP contribution is -2.01. The SMILES string of the molecule is C=C.C=C(CC1CO1)C(=O)O.C=CC(=O)O. The predicted octanol–water partition coefficient (Wildman–Crippen LogP) is 1.48. The molecule has 16 heavy (non-hydrogen) atoms. The van der Waals surface area contributed by atoms with Gasteiger partial charge in [0.15, 0.2) is 0 Å². The van der Waals surface area contributed by atoms with Crippen LogP contribution in [0.5, 0.6) is 0 Å². The van der Waals surface area contributed by atoms with Crippen LogP contribution >= 0.6 is 0 Å². The number of carboxylic acid groups (broad SMARTS) is 2. The number of hydrogen-bond donors (Lipinski definition) is 2. The number of carboxylic acids is 2. The Bertz CT molecular complexity index is 266. The standard InChI is InChI=1S/C6H8O3.C3H4O2.C2H4/c1-4(6(7)8)2-5-3-9-5;1-2-3(4)5;1-2/h5H,1-3H2,(H,7,8);2H,1H2,(H,4,5);1-2H2. The molecular formula is C11H16O5. The van der Waals surface area contributed by atoms with Gasteiger partial charge in [-0.1, -0.05) is 13.2 Å². The topological polar surface area (TPSA) is 87.1 Å². The molecule has 0 radical (unpaired) electrons. The molecule has 5 heteroatoms. The molecule has 1 unspecified atom stereocenters. The van der Waals surface area contributed by atoms with E-state index < -0.39 is 11.9 Å². The van der Waals surface area contributed by atoms with Crippen molar-refractivity contribution in [1.29, 1.82) is 0 Å². The summed E-state index contributed by atoms with van der Waals surface area (Å²) in [5.74, 6) is -1.91. The highest BCUT2D eigenvalue weighted by atomic mass is 16.6. The van der Waals surface area contributed by atoms with Crippen LogP contribution in [0.2, 0.25) is 0 Å². The first-order chi connectivity index (χ1) is 7.47. The highest BCUT2D eigenvalue weighted by Gasteiger charge is 2.24. The first-order valence-electron chi connectivity index (χ1n) is 4.35. The average Bonchev–Trinajstić information content (AvgIpc) is 3.05. The predicted molar refractivity (Wildman–Crippen MR) is 60.2 cm³/mol. The molecule has 1 atom stereocenters. The summed E-state index contributed by atoms with van der Waals surface area (Å²) in [6.45, 7) is 13.0. The van der Waals surface area contributed by atoms with Crippen molar-refractivity contribution in [2.75, 3.05) is 6.61 Å². The molecule has 1 fully saturated rings. The molecule has 1 saturated heterocycles. The van der Waals surface area contributed by atoms with Crippen molar-refractivity contribution in [3.8, 4) is 0 Å². The van der Waals surface area contributed by atoms with E-state index >= 15 is 0 Å². The molecule has 0 saturated carbocycles. The minimum atomic E-state index is -0.981. The van der Waals surface area contributed by atoms with Crippen LogP contribution in [-0.2, 0) is 14.3 Å². The van der Waals surface area contributed by atoms with Crippen molar-refractivity contribution in [3.05, 3.63) is 38.0 Å². The van der Waals surface area contributed by atoms with Crippen molar-refractivity contribution in [2.45, 2.75) is 12.5 Å². The maximum Gasteiger partial charge on any atom is 0.331 e. The summed E-state index contributed by atoms with van der Waals surface area (Å²) in [6, 6.07) is 0. The first kappa shape index (κ1) is 16.5. The highest BCUT2D eigenvalue weighted by Crippen LogP contribution is 2.17. The molecule has 1 aliphatic rings. The third-order valence-corrected chi connectivity index (χ3v) is 1.35. The van der Waals surface area contributed by atoms with E-state index in [1.54, 1.807) is 0 Å². The zero-order chi connectivity index (χ0) is 13.1. The number of hydrogen-bond acceptors (Lipinski definition) is 3. The van der Waals surface area contributed by atoms with Gasteiger partial charge in [-0.2, -0.15) is 0 Å². The fourth-order valence-electron chi connectivity index (χ4n) is 0.548. The third kappa shape index (κ3) is 12.1. The van der Waals surface area contributed by atoms with Crippen molar-refractivity contribution in [1.82, 2.24) is 0 Å². The van der Waals surface area contributed by atoms with Crippen LogP contribution in [0.4, 0.5) is 0 Å². The smallest absolute Gasteiger partial charge is 0.331 e. The molecule has 5 nitrogen and oxygen atoms in total. The molecule has 0 aromatic heterocycles. The van der Waals surface area contributed by atoms with Crippen LogP contribution in [0, 0.1) is 0 Å². The second-order valence-electron chi connectivity index (χ2n) is 2.61. The Hall–Kier alpha value is -1.88. The number of rotatable bonds is 4. The lowest BCUT2D eigenvalue weighted by atomic mass is 10.2. The molecule has 0 aliphatic carbocycles. The molecule has 90 valence electrons. The minimum Gasteiger partial charge on any atom is -0.478 e. The van der Waals surface area contributed by atoms with Gasteiger partial charge < -0.3 is 14.9 Å². The third-order valence-electron chi connectivity index (χ3n) is 1.35. The van der Waals surface area contributed by atoms with E-state index in [9.17, 15) is 9.59 Å². The minimum absolute atomic E-state index is 0.133. The monoisotopic (exact) mass is 228 g/mol. The number of epoxide rings is 1. The van der Waals surface area contributed by atoms with E-state index in [1.807, 2.05) is 0 Å². The van der Waals surface area contributed by atoms with E-state index in [0.29, 0.717) is 13.0 Å². The lowest BCUT2D eigenvalue weighted by Gasteiger charge is -1.92. The van der Waals surface area contributed by atoms with E-state index in [-0.39, 0.29) is 11.7 Å². The van der Waals surface area contributed by atoms with Gasteiger partial charge in [-0.05, 0) is 0 Å².